The number of Topliss-reactive ketones (excluding diaryl/α,β-unsaturated/α-hetero) is 1. The topological polar surface area (TPSA) is 70.1 Å². The van der Waals surface area contributed by atoms with Gasteiger partial charge in [0.15, 0.2) is 0 Å². The predicted octanol–water partition coefficient (Wildman–Crippen LogP) is 6.91. The number of ether oxygens (including phenoxy) is 1. The van der Waals surface area contributed by atoms with Crippen LogP contribution in [0.4, 0.5) is 11.4 Å². The van der Waals surface area contributed by atoms with E-state index in [1.807, 2.05) is 68.4 Å². The molecule has 3 aromatic rings. The average Bonchev–Trinajstić information content (AvgIpc) is 3.19. The van der Waals surface area contributed by atoms with E-state index in [4.69, 9.17) is 4.74 Å². The lowest BCUT2D eigenvalue weighted by Gasteiger charge is -2.27. The highest BCUT2D eigenvalue weighted by Gasteiger charge is 2.47. The van der Waals surface area contributed by atoms with Gasteiger partial charge in [0.25, 0.3) is 11.7 Å². The number of ketones is 1. The number of aryl methyl sites for hydroxylation is 2. The second-order valence-electron chi connectivity index (χ2n) is 10.3. The highest BCUT2D eigenvalue weighted by molar-refractivity contribution is 6.51. The summed E-state index contributed by atoms with van der Waals surface area (Å²) in [6, 6.07) is 18.5. The number of hydrogen-bond donors (Lipinski definition) is 1. The van der Waals surface area contributed by atoms with Crippen LogP contribution >= 0.6 is 0 Å². The molecule has 3 aromatic carbocycles. The van der Waals surface area contributed by atoms with Crippen molar-refractivity contribution in [3.63, 3.8) is 0 Å². The Labute approximate surface area is 231 Å². The lowest BCUT2D eigenvalue weighted by molar-refractivity contribution is -0.132. The van der Waals surface area contributed by atoms with Crippen LogP contribution in [-0.4, -0.2) is 37.0 Å². The van der Waals surface area contributed by atoms with E-state index in [0.717, 1.165) is 41.0 Å². The summed E-state index contributed by atoms with van der Waals surface area (Å²) in [5.41, 5.74) is 5.72. The zero-order chi connectivity index (χ0) is 28.4. The van der Waals surface area contributed by atoms with Gasteiger partial charge in [-0.15, -0.1) is 0 Å². The standard InChI is InChI=1S/C33H38N2O4/c1-8-34(9-2)25-14-12-24(13-15-25)29-28(30(36)27-19-21(5)18-22(6)32(27)39-7)31(37)33(38)35(29)26-16-10-23(11-17-26)20(3)4/h10-20,29,36H,8-9H2,1-7H3/b30-28+. The molecule has 4 rings (SSSR count). The molecule has 1 amide bonds. The summed E-state index contributed by atoms with van der Waals surface area (Å²) in [4.78, 5) is 31.0. The number of hydrogen-bond acceptors (Lipinski definition) is 5. The number of amides is 1. The first-order chi connectivity index (χ1) is 18.6. The Kier molecular flexibility index (Phi) is 8.14. The van der Waals surface area contributed by atoms with Crippen LogP contribution in [0.3, 0.4) is 0 Å². The summed E-state index contributed by atoms with van der Waals surface area (Å²) in [7, 11) is 1.53. The van der Waals surface area contributed by atoms with Crippen molar-refractivity contribution in [2.45, 2.75) is 53.5 Å². The second-order valence-corrected chi connectivity index (χ2v) is 10.3. The van der Waals surface area contributed by atoms with Crippen molar-refractivity contribution in [2.24, 2.45) is 0 Å². The number of aliphatic hydroxyl groups excluding tert-OH is 1. The number of aliphatic hydroxyl groups is 1. The molecule has 0 aliphatic carbocycles. The molecule has 1 heterocycles. The van der Waals surface area contributed by atoms with Gasteiger partial charge in [0.05, 0.1) is 24.3 Å². The summed E-state index contributed by atoms with van der Waals surface area (Å²) in [6.45, 7) is 14.0. The molecule has 1 unspecified atom stereocenters. The number of carbonyl (C=O) groups is 2. The molecule has 204 valence electrons. The van der Waals surface area contributed by atoms with Crippen LogP contribution in [0.2, 0.25) is 0 Å². The molecule has 6 heteroatoms. The Bertz CT molecular complexity index is 1400. The smallest absolute Gasteiger partial charge is 0.300 e. The molecule has 6 nitrogen and oxygen atoms in total. The van der Waals surface area contributed by atoms with E-state index < -0.39 is 17.7 Å². The third-order valence-electron chi connectivity index (χ3n) is 7.50. The molecule has 39 heavy (non-hydrogen) atoms. The molecule has 0 spiro atoms. The molecule has 0 bridgehead atoms. The highest BCUT2D eigenvalue weighted by atomic mass is 16.5. The maximum Gasteiger partial charge on any atom is 0.300 e. The minimum atomic E-state index is -0.800. The minimum Gasteiger partial charge on any atom is -0.507 e. The Morgan fingerprint density at radius 3 is 2.13 bits per heavy atom. The lowest BCUT2D eigenvalue weighted by atomic mass is 9.93. The van der Waals surface area contributed by atoms with Crippen molar-refractivity contribution in [1.29, 1.82) is 0 Å². The van der Waals surface area contributed by atoms with Crippen molar-refractivity contribution in [1.82, 2.24) is 0 Å². The van der Waals surface area contributed by atoms with Gasteiger partial charge >= 0.3 is 0 Å². The van der Waals surface area contributed by atoms with Gasteiger partial charge in [0, 0.05) is 24.5 Å². The molecule has 1 fully saturated rings. The number of anilines is 2. The van der Waals surface area contributed by atoms with Gasteiger partial charge < -0.3 is 14.7 Å². The van der Waals surface area contributed by atoms with Crippen LogP contribution < -0.4 is 14.5 Å². The van der Waals surface area contributed by atoms with Crippen LogP contribution in [-0.2, 0) is 9.59 Å². The van der Waals surface area contributed by atoms with Gasteiger partial charge in [0.2, 0.25) is 0 Å². The number of rotatable bonds is 8. The predicted molar refractivity (Wildman–Crippen MR) is 158 cm³/mol. The van der Waals surface area contributed by atoms with Crippen molar-refractivity contribution in [3.8, 4) is 5.75 Å². The van der Waals surface area contributed by atoms with Gasteiger partial charge in [-0.25, -0.2) is 0 Å². The Morgan fingerprint density at radius 1 is 0.974 bits per heavy atom. The summed E-state index contributed by atoms with van der Waals surface area (Å²) in [6.07, 6.45) is 0. The molecule has 1 aliphatic heterocycles. The third kappa shape index (κ3) is 5.16. The zero-order valence-corrected chi connectivity index (χ0v) is 23.9. The fraction of sp³-hybridized carbons (Fsp3) is 0.333. The van der Waals surface area contributed by atoms with Gasteiger partial charge in [-0.05, 0) is 86.2 Å². The zero-order valence-electron chi connectivity index (χ0n) is 23.9. The number of carbonyl (C=O) groups excluding carboxylic acids is 2. The normalized spacial score (nSPS) is 16.7. The van der Waals surface area contributed by atoms with Gasteiger partial charge in [-0.2, -0.15) is 0 Å². The number of benzene rings is 3. The van der Waals surface area contributed by atoms with E-state index in [2.05, 4.69) is 32.6 Å². The number of nitrogens with zero attached hydrogens (tertiary/aromatic N) is 2. The highest BCUT2D eigenvalue weighted by Crippen LogP contribution is 2.44. The third-order valence-corrected chi connectivity index (χ3v) is 7.50. The lowest BCUT2D eigenvalue weighted by Crippen LogP contribution is -2.29. The van der Waals surface area contributed by atoms with Gasteiger partial charge in [0.1, 0.15) is 11.5 Å². The summed E-state index contributed by atoms with van der Waals surface area (Å²) in [5.74, 6) is -0.832. The molecule has 0 saturated carbocycles. The molecule has 0 radical (unpaired) electrons. The summed E-state index contributed by atoms with van der Waals surface area (Å²) in [5, 5.41) is 11.7. The summed E-state index contributed by atoms with van der Waals surface area (Å²) < 4.78 is 5.62. The van der Waals surface area contributed by atoms with E-state index in [1.54, 1.807) is 6.07 Å². The maximum atomic E-state index is 13.6. The minimum absolute atomic E-state index is 0.0480. The maximum absolute atomic E-state index is 13.6. The van der Waals surface area contributed by atoms with Crippen LogP contribution in [0, 0.1) is 13.8 Å². The summed E-state index contributed by atoms with van der Waals surface area (Å²) >= 11 is 0. The van der Waals surface area contributed by atoms with Crippen LogP contribution in [0.1, 0.15) is 67.5 Å². The first-order valence-electron chi connectivity index (χ1n) is 13.5. The molecule has 1 aliphatic rings. The Balaban J connectivity index is 1.95. The van der Waals surface area contributed by atoms with E-state index in [-0.39, 0.29) is 11.3 Å². The Morgan fingerprint density at radius 2 is 1.59 bits per heavy atom. The molecular formula is C33H38N2O4. The first-order valence-corrected chi connectivity index (χ1v) is 13.5. The van der Waals surface area contributed by atoms with E-state index in [1.165, 1.54) is 12.0 Å². The monoisotopic (exact) mass is 526 g/mol. The van der Waals surface area contributed by atoms with Crippen molar-refractivity contribution in [3.05, 3.63) is 94.1 Å². The van der Waals surface area contributed by atoms with Crippen molar-refractivity contribution < 1.29 is 19.4 Å². The Hall–Kier alpha value is -4.06. The molecule has 0 aromatic heterocycles. The second kappa shape index (κ2) is 11.4. The van der Waals surface area contributed by atoms with E-state index in [9.17, 15) is 14.7 Å². The van der Waals surface area contributed by atoms with Gasteiger partial charge in [-0.1, -0.05) is 44.2 Å². The van der Waals surface area contributed by atoms with Crippen molar-refractivity contribution in [2.75, 3.05) is 30.0 Å². The van der Waals surface area contributed by atoms with Crippen LogP contribution in [0.5, 0.6) is 5.75 Å². The van der Waals surface area contributed by atoms with Gasteiger partial charge in [-0.3, -0.25) is 14.5 Å². The van der Waals surface area contributed by atoms with Crippen LogP contribution in [0.15, 0.2) is 66.2 Å². The first kappa shape index (κ1) is 28.0. The van der Waals surface area contributed by atoms with Crippen LogP contribution in [0.25, 0.3) is 5.76 Å². The number of methoxy groups -OCH3 is 1. The van der Waals surface area contributed by atoms with E-state index in [0.29, 0.717) is 22.9 Å². The molecular weight excluding hydrogens is 488 g/mol. The molecule has 1 N–H and O–H groups in total. The largest absolute Gasteiger partial charge is 0.507 e. The van der Waals surface area contributed by atoms with Crippen molar-refractivity contribution >= 4 is 28.8 Å². The van der Waals surface area contributed by atoms with E-state index >= 15 is 0 Å². The fourth-order valence-corrected chi connectivity index (χ4v) is 5.44. The average molecular weight is 527 g/mol. The quantitative estimate of drug-likeness (QED) is 0.196. The SMILES string of the molecule is CCN(CC)c1ccc(C2/C(=C(\O)c3cc(C)cc(C)c3OC)C(=O)C(=O)N2c2ccc(C(C)C)cc2)cc1. The molecule has 1 saturated heterocycles. The fourth-order valence-electron chi connectivity index (χ4n) is 5.44. The molecule has 1 atom stereocenters.